The number of rotatable bonds is 2. The number of aliphatic carboxylic acids is 4. The molecule has 0 fully saturated rings. The van der Waals surface area contributed by atoms with E-state index in [1.165, 1.54) is 0 Å². The van der Waals surface area contributed by atoms with Crippen LogP contribution in [-0.2, 0) is 58.1 Å². The summed E-state index contributed by atoms with van der Waals surface area (Å²) in [6, 6.07) is 23.2. The van der Waals surface area contributed by atoms with Crippen molar-refractivity contribution in [1.29, 1.82) is 0 Å². The van der Waals surface area contributed by atoms with Crippen LogP contribution in [0.25, 0.3) is 22.8 Å². The third kappa shape index (κ3) is 33.8. The van der Waals surface area contributed by atoms with Gasteiger partial charge in [-0.25, -0.2) is 0 Å². The van der Waals surface area contributed by atoms with Crippen LogP contribution in [0.5, 0.6) is 0 Å². The van der Waals surface area contributed by atoms with Crippen LogP contribution in [0.15, 0.2) is 97.6 Å². The molecule has 4 aromatic rings. The van der Waals surface area contributed by atoms with Crippen LogP contribution in [0.1, 0.15) is 27.7 Å². The quantitative estimate of drug-likeness (QED) is 0.233. The first kappa shape index (κ1) is 44.7. The normalized spacial score (nSPS) is 7.90. The summed E-state index contributed by atoms with van der Waals surface area (Å²) in [5, 5.41) is 35.6. The van der Waals surface area contributed by atoms with Crippen LogP contribution in [0.2, 0.25) is 0 Å². The number of carboxylic acid groups (broad SMARTS) is 4. The largest absolute Gasteiger partial charge is 2.00 e. The molecule has 4 heterocycles. The fourth-order valence-electron chi connectivity index (χ4n) is 2.06. The Bertz CT molecular complexity index is 1030. The summed E-state index contributed by atoms with van der Waals surface area (Å²) in [5.41, 5.74) is 3.66. The summed E-state index contributed by atoms with van der Waals surface area (Å²) in [5.74, 6) is -4.33. The van der Waals surface area contributed by atoms with Crippen molar-refractivity contribution in [2.75, 3.05) is 0 Å². The zero-order valence-corrected chi connectivity index (χ0v) is 26.2. The van der Waals surface area contributed by atoms with E-state index in [9.17, 15) is 0 Å². The maximum atomic E-state index is 8.89. The van der Waals surface area contributed by atoms with E-state index >= 15 is 0 Å². The number of pyridine rings is 4. The van der Waals surface area contributed by atoms with Gasteiger partial charge in [0.15, 0.2) is 0 Å². The smallest absolute Gasteiger partial charge is 0.550 e. The van der Waals surface area contributed by atoms with E-state index in [1.54, 1.807) is 24.8 Å². The molecule has 0 aromatic carbocycles. The zero-order chi connectivity index (χ0) is 30.8. The van der Waals surface area contributed by atoms with Crippen molar-refractivity contribution in [3.8, 4) is 22.8 Å². The van der Waals surface area contributed by atoms with E-state index in [1.807, 2.05) is 72.8 Å². The molecule has 0 saturated heterocycles. The molecule has 0 aliphatic rings. The molecule has 0 aliphatic carbocycles. The van der Waals surface area contributed by atoms with Gasteiger partial charge in [0.05, 0.1) is 22.8 Å². The number of hydrogen-bond donors (Lipinski definition) is 0. The minimum absolute atomic E-state index is 0. The van der Waals surface area contributed by atoms with Crippen molar-refractivity contribution in [2.45, 2.75) is 27.7 Å². The fourth-order valence-corrected chi connectivity index (χ4v) is 2.06. The SMILES string of the molecule is CC(=O)[O-].CC(=O)[O-].CC(=O)[O-].CC(=O)[O-].[Rh+2].[Rh+2].c1ccc(-c2ccccn2)nc1.c1ccc(-c2ccccn2)nc1. The Balaban J connectivity index is -0.000000225. The number of hydrogen-bond acceptors (Lipinski definition) is 12. The van der Waals surface area contributed by atoms with Gasteiger partial charge in [0.25, 0.3) is 0 Å². The number of carbonyl (C=O) groups excluding carboxylic acids is 4. The summed E-state index contributed by atoms with van der Waals surface area (Å²) >= 11 is 0. The van der Waals surface area contributed by atoms with Gasteiger partial charge in [0, 0.05) is 48.7 Å². The number of carboxylic acids is 4. The van der Waals surface area contributed by atoms with Gasteiger partial charge in [0.2, 0.25) is 0 Å². The first-order valence-corrected chi connectivity index (χ1v) is 11.2. The van der Waals surface area contributed by atoms with Crippen molar-refractivity contribution >= 4 is 23.9 Å². The molecule has 2 radical (unpaired) electrons. The van der Waals surface area contributed by atoms with Crippen LogP contribution in [0, 0.1) is 0 Å². The Labute approximate surface area is 269 Å². The molecule has 42 heavy (non-hydrogen) atoms. The third-order valence-corrected chi connectivity index (χ3v) is 3.18. The average Bonchev–Trinajstić information content (AvgIpc) is 2.90. The van der Waals surface area contributed by atoms with E-state index in [2.05, 4.69) is 19.9 Å². The summed E-state index contributed by atoms with van der Waals surface area (Å²) < 4.78 is 0. The maximum absolute atomic E-state index is 8.89. The molecular formula is C28H28N4O8Rh2. The fraction of sp³-hybridized carbons (Fsp3) is 0.143. The van der Waals surface area contributed by atoms with Crippen molar-refractivity contribution in [3.05, 3.63) is 97.6 Å². The van der Waals surface area contributed by atoms with Gasteiger partial charge < -0.3 is 39.6 Å². The summed E-state index contributed by atoms with van der Waals surface area (Å²) in [7, 11) is 0. The third-order valence-electron chi connectivity index (χ3n) is 3.18. The van der Waals surface area contributed by atoms with Crippen molar-refractivity contribution in [2.24, 2.45) is 0 Å². The van der Waals surface area contributed by atoms with Crippen molar-refractivity contribution in [1.82, 2.24) is 19.9 Å². The molecule has 0 bridgehead atoms. The van der Waals surface area contributed by atoms with E-state index in [4.69, 9.17) is 39.6 Å². The predicted molar refractivity (Wildman–Crippen MR) is 138 cm³/mol. The van der Waals surface area contributed by atoms with Crippen LogP contribution >= 0.6 is 0 Å². The van der Waals surface area contributed by atoms with Crippen molar-refractivity contribution < 1.29 is 78.6 Å². The van der Waals surface area contributed by atoms with Crippen LogP contribution in [0.4, 0.5) is 0 Å². The van der Waals surface area contributed by atoms with E-state index in [0.717, 1.165) is 50.5 Å². The Kier molecular flexibility index (Phi) is 31.6. The average molecular weight is 754 g/mol. The van der Waals surface area contributed by atoms with Crippen LogP contribution in [0.3, 0.4) is 0 Å². The second kappa shape index (κ2) is 29.7. The predicted octanol–water partition coefficient (Wildman–Crippen LogP) is -0.693. The van der Waals surface area contributed by atoms with E-state index in [-0.39, 0.29) is 39.0 Å². The van der Waals surface area contributed by atoms with Gasteiger partial charge in [-0.1, -0.05) is 24.3 Å². The van der Waals surface area contributed by atoms with Gasteiger partial charge in [-0.15, -0.1) is 0 Å². The molecule has 14 heteroatoms. The molecule has 0 unspecified atom stereocenters. The van der Waals surface area contributed by atoms with Gasteiger partial charge in [-0.2, -0.15) is 0 Å². The Morgan fingerprint density at radius 3 is 0.643 bits per heavy atom. The Morgan fingerprint density at radius 1 is 0.405 bits per heavy atom. The van der Waals surface area contributed by atoms with Gasteiger partial charge in [-0.3, -0.25) is 19.9 Å². The molecule has 0 spiro atoms. The second-order valence-corrected chi connectivity index (χ2v) is 6.83. The first-order valence-electron chi connectivity index (χ1n) is 11.2. The number of nitrogens with zero attached hydrogens (tertiary/aromatic N) is 4. The molecule has 4 rings (SSSR count). The molecule has 0 saturated carbocycles. The Hall–Kier alpha value is -4.27. The standard InChI is InChI=1S/2C10H8N2.4C2H4O2.2Rh/c2*1-3-7-11-9(5-1)10-6-2-4-8-12-10;4*1-2(3)4;;/h2*1-8H;4*1H3,(H,3,4);;/q;;;;;;2*+2/p-4. The first-order chi connectivity index (χ1) is 18.9. The topological polar surface area (TPSA) is 212 Å². The Morgan fingerprint density at radius 2 is 0.548 bits per heavy atom. The molecule has 0 aliphatic heterocycles. The minimum Gasteiger partial charge on any atom is -0.550 e. The van der Waals surface area contributed by atoms with Gasteiger partial charge >= 0.3 is 39.0 Å². The summed E-state index contributed by atoms with van der Waals surface area (Å²) in [6.45, 7) is 3.89. The molecule has 0 N–H and O–H groups in total. The molecule has 0 amide bonds. The van der Waals surface area contributed by atoms with Crippen LogP contribution in [-0.4, -0.2) is 43.8 Å². The minimum atomic E-state index is -1.08. The maximum Gasteiger partial charge on any atom is 2.00 e. The number of aromatic nitrogens is 4. The second-order valence-electron chi connectivity index (χ2n) is 6.83. The summed E-state index contributed by atoms with van der Waals surface area (Å²) in [6.07, 6.45) is 7.07. The van der Waals surface area contributed by atoms with Crippen molar-refractivity contribution in [3.63, 3.8) is 0 Å². The molecule has 12 nitrogen and oxygen atoms in total. The van der Waals surface area contributed by atoms with Crippen LogP contribution < -0.4 is 20.4 Å². The molecule has 0 atom stereocenters. The number of carbonyl (C=O) groups is 4. The summed E-state index contributed by atoms with van der Waals surface area (Å²) in [4.78, 5) is 52.3. The molecular weight excluding hydrogens is 726 g/mol. The zero-order valence-electron chi connectivity index (χ0n) is 23.0. The van der Waals surface area contributed by atoms with E-state index in [0.29, 0.717) is 0 Å². The van der Waals surface area contributed by atoms with Gasteiger partial charge in [0.1, 0.15) is 0 Å². The van der Waals surface area contributed by atoms with Gasteiger partial charge in [-0.05, 0) is 76.2 Å². The molecule has 4 aromatic heterocycles. The molecule has 226 valence electrons. The monoisotopic (exact) mass is 754 g/mol. The van der Waals surface area contributed by atoms with E-state index < -0.39 is 23.9 Å².